The number of rotatable bonds is 3. The molecule has 0 rings (SSSR count). The van der Waals surface area contributed by atoms with Crippen LogP contribution < -0.4 is 11.2 Å². The average molecular weight is 226 g/mol. The van der Waals surface area contributed by atoms with Crippen LogP contribution in [0, 0.1) is 0 Å². The number of hydrazone groups is 1. The van der Waals surface area contributed by atoms with E-state index in [0.717, 1.165) is 6.21 Å². The van der Waals surface area contributed by atoms with Gasteiger partial charge in [-0.15, -0.1) is 0 Å². The monoisotopic (exact) mass is 225 g/mol. The minimum absolute atomic E-state index is 0.317. The van der Waals surface area contributed by atoms with Crippen LogP contribution in [0.2, 0.25) is 0 Å². The van der Waals surface area contributed by atoms with E-state index in [4.69, 9.17) is 28.3 Å². The second-order valence-electron chi connectivity index (χ2n) is 1.70. The van der Waals surface area contributed by atoms with E-state index < -0.39 is 17.0 Å². The predicted molar refractivity (Wildman–Crippen MR) is 47.6 cm³/mol. The lowest BCUT2D eigenvalue weighted by molar-refractivity contribution is -0.131. The summed E-state index contributed by atoms with van der Waals surface area (Å²) in [4.78, 5) is 20.3. The van der Waals surface area contributed by atoms with Gasteiger partial charge in [0.2, 0.25) is 0 Å². The van der Waals surface area contributed by atoms with Crippen molar-refractivity contribution < 1.29 is 14.7 Å². The highest BCUT2D eigenvalue weighted by molar-refractivity contribution is 6.51. The first kappa shape index (κ1) is 11.7. The molecule has 0 atom stereocenters. The Balaban J connectivity index is 4.36. The number of urea groups is 1. The number of nitrogens with two attached hydrogens (primary N) is 1. The summed E-state index contributed by atoms with van der Waals surface area (Å²) in [5.74, 6) is -1.39. The number of nitrogens with one attached hydrogen (secondary N) is 1. The number of allylic oxidation sites excluding steroid dienone is 1. The maximum absolute atomic E-state index is 10.2. The Kier molecular flexibility index (Phi) is 4.86. The second kappa shape index (κ2) is 5.39. The van der Waals surface area contributed by atoms with Crippen LogP contribution in [0.4, 0.5) is 4.79 Å². The molecule has 0 saturated heterocycles. The molecule has 0 spiro atoms. The maximum Gasteiger partial charge on any atom is 0.348 e. The lowest BCUT2D eigenvalue weighted by atomic mass is 10.5. The Morgan fingerprint density at radius 2 is 2.00 bits per heavy atom. The van der Waals surface area contributed by atoms with Crippen LogP contribution in [0.5, 0.6) is 0 Å². The molecule has 0 aromatic carbocycles. The van der Waals surface area contributed by atoms with Crippen LogP contribution >= 0.6 is 23.2 Å². The van der Waals surface area contributed by atoms with Crippen LogP contribution in [-0.2, 0) is 4.79 Å². The van der Waals surface area contributed by atoms with E-state index in [1.54, 1.807) is 0 Å². The van der Waals surface area contributed by atoms with Crippen LogP contribution in [-0.4, -0.2) is 23.3 Å². The van der Waals surface area contributed by atoms with Crippen LogP contribution in [0.15, 0.2) is 15.2 Å². The smallest absolute Gasteiger partial charge is 0.348 e. The largest absolute Gasteiger partial charge is 0.477 e. The SMILES string of the molecule is NC(=O)NN=C/C(Cl)=C(/Cl)C(=O)O. The van der Waals surface area contributed by atoms with Gasteiger partial charge in [-0.25, -0.2) is 15.0 Å². The average Bonchev–Trinajstić information content (AvgIpc) is 2.02. The van der Waals surface area contributed by atoms with E-state index in [-0.39, 0.29) is 5.03 Å². The number of carboxylic acid groups (broad SMARTS) is 1. The van der Waals surface area contributed by atoms with Crippen molar-refractivity contribution in [3.63, 3.8) is 0 Å². The van der Waals surface area contributed by atoms with Crippen LogP contribution in [0.1, 0.15) is 0 Å². The van der Waals surface area contributed by atoms with E-state index in [0.29, 0.717) is 0 Å². The van der Waals surface area contributed by atoms with E-state index >= 15 is 0 Å². The van der Waals surface area contributed by atoms with Gasteiger partial charge < -0.3 is 10.8 Å². The Labute approximate surface area is 83.0 Å². The molecule has 0 aliphatic carbocycles. The first-order chi connectivity index (χ1) is 5.95. The van der Waals surface area contributed by atoms with Crippen molar-refractivity contribution in [3.8, 4) is 0 Å². The number of hydrogen-bond acceptors (Lipinski definition) is 3. The third-order valence-electron chi connectivity index (χ3n) is 0.750. The molecule has 0 heterocycles. The fourth-order valence-corrected chi connectivity index (χ4v) is 0.490. The van der Waals surface area contributed by atoms with Gasteiger partial charge in [-0.3, -0.25) is 0 Å². The molecule has 13 heavy (non-hydrogen) atoms. The molecule has 0 aliphatic heterocycles. The van der Waals surface area contributed by atoms with Crippen molar-refractivity contribution in [1.82, 2.24) is 5.43 Å². The Bertz CT molecular complexity index is 287. The Hall–Kier alpha value is -1.27. The van der Waals surface area contributed by atoms with Gasteiger partial charge in [0.05, 0.1) is 11.2 Å². The highest BCUT2D eigenvalue weighted by Crippen LogP contribution is 2.11. The topological polar surface area (TPSA) is 105 Å². The van der Waals surface area contributed by atoms with E-state index in [1.165, 1.54) is 0 Å². The van der Waals surface area contributed by atoms with Gasteiger partial charge in [-0.2, -0.15) is 5.10 Å². The van der Waals surface area contributed by atoms with E-state index in [1.807, 2.05) is 5.43 Å². The Morgan fingerprint density at radius 1 is 1.46 bits per heavy atom. The van der Waals surface area contributed by atoms with Crippen LogP contribution in [0.3, 0.4) is 0 Å². The van der Waals surface area contributed by atoms with Crippen molar-refractivity contribution in [2.75, 3.05) is 0 Å². The molecule has 0 aromatic heterocycles. The van der Waals surface area contributed by atoms with Gasteiger partial charge in [0, 0.05) is 0 Å². The summed E-state index contributed by atoms with van der Waals surface area (Å²) >= 11 is 10.5. The van der Waals surface area contributed by atoms with Gasteiger partial charge in [0.15, 0.2) is 0 Å². The lowest BCUT2D eigenvalue weighted by Gasteiger charge is -1.92. The van der Waals surface area contributed by atoms with Crippen molar-refractivity contribution in [2.24, 2.45) is 10.8 Å². The van der Waals surface area contributed by atoms with Gasteiger partial charge in [-0.05, 0) is 0 Å². The standard InChI is InChI=1S/C5H5Cl2N3O3/c6-2(3(7)4(11)12)1-9-10-5(8)13/h1H,(H,11,12)(H3,8,10,13)/b3-2-,9-1?. The number of carbonyl (C=O) groups excluding carboxylic acids is 1. The number of hydrogen-bond donors (Lipinski definition) is 3. The first-order valence-electron chi connectivity index (χ1n) is 2.82. The summed E-state index contributed by atoms with van der Waals surface area (Å²) in [5.41, 5.74) is 6.45. The van der Waals surface area contributed by atoms with Gasteiger partial charge in [-0.1, -0.05) is 23.2 Å². The number of nitrogens with zero attached hydrogens (tertiary/aromatic N) is 1. The first-order valence-corrected chi connectivity index (χ1v) is 3.57. The number of carbonyl (C=O) groups is 2. The van der Waals surface area contributed by atoms with E-state index in [2.05, 4.69) is 10.8 Å². The van der Waals surface area contributed by atoms with Crippen molar-refractivity contribution >= 4 is 41.4 Å². The molecule has 0 fully saturated rings. The molecule has 0 aromatic rings. The minimum atomic E-state index is -1.39. The molecule has 8 heteroatoms. The summed E-state index contributed by atoms with van der Waals surface area (Å²) in [6.07, 6.45) is 0.850. The number of aliphatic carboxylic acids is 1. The molecule has 4 N–H and O–H groups in total. The quantitative estimate of drug-likeness (QED) is 0.368. The number of halogens is 2. The highest BCUT2D eigenvalue weighted by atomic mass is 35.5. The van der Waals surface area contributed by atoms with Crippen LogP contribution in [0.25, 0.3) is 0 Å². The third-order valence-corrected chi connectivity index (χ3v) is 1.50. The Morgan fingerprint density at radius 3 is 2.38 bits per heavy atom. The fourth-order valence-electron chi connectivity index (χ4n) is 0.311. The summed E-state index contributed by atoms with van der Waals surface area (Å²) in [5, 5.41) is 10.6. The molecule has 2 amide bonds. The summed E-state index contributed by atoms with van der Waals surface area (Å²) < 4.78 is 0. The zero-order chi connectivity index (χ0) is 10.4. The normalized spacial score (nSPS) is 12.5. The van der Waals surface area contributed by atoms with Crippen molar-refractivity contribution in [1.29, 1.82) is 0 Å². The third kappa shape index (κ3) is 5.05. The summed E-state index contributed by atoms with van der Waals surface area (Å²) in [6.45, 7) is 0. The van der Waals surface area contributed by atoms with E-state index in [9.17, 15) is 9.59 Å². The minimum Gasteiger partial charge on any atom is -0.477 e. The van der Waals surface area contributed by atoms with Gasteiger partial charge >= 0.3 is 12.0 Å². The molecule has 6 nitrogen and oxygen atoms in total. The highest BCUT2D eigenvalue weighted by Gasteiger charge is 2.07. The number of amides is 2. The zero-order valence-corrected chi connectivity index (χ0v) is 7.63. The zero-order valence-electron chi connectivity index (χ0n) is 6.12. The molecular weight excluding hydrogens is 221 g/mol. The summed E-state index contributed by atoms with van der Waals surface area (Å²) in [6, 6.07) is -0.896. The molecule has 72 valence electrons. The molecule has 0 aliphatic rings. The maximum atomic E-state index is 10.2. The van der Waals surface area contributed by atoms with Gasteiger partial charge in [0.1, 0.15) is 5.03 Å². The fraction of sp³-hybridized carbons (Fsp3) is 0. The second-order valence-corrected chi connectivity index (χ2v) is 2.49. The molecule has 0 radical (unpaired) electrons. The van der Waals surface area contributed by atoms with Crippen molar-refractivity contribution in [3.05, 3.63) is 10.1 Å². The molecular formula is C5H5Cl2N3O3. The lowest BCUT2D eigenvalue weighted by Crippen LogP contribution is -2.24. The summed E-state index contributed by atoms with van der Waals surface area (Å²) in [7, 11) is 0. The molecule has 0 bridgehead atoms. The van der Waals surface area contributed by atoms with Crippen molar-refractivity contribution in [2.45, 2.75) is 0 Å². The molecule has 0 saturated carbocycles. The number of primary amides is 1. The van der Waals surface area contributed by atoms with Gasteiger partial charge in [0.25, 0.3) is 0 Å². The number of carboxylic acids is 1. The molecule has 0 unspecified atom stereocenters. The predicted octanol–water partition coefficient (Wildman–Crippen LogP) is 0.414.